The predicted octanol–water partition coefficient (Wildman–Crippen LogP) is 2.16. The Morgan fingerprint density at radius 3 is 2.61 bits per heavy atom. The molecule has 0 spiro atoms. The highest BCUT2D eigenvalue weighted by Gasteiger charge is 2.31. The second-order valence-electron chi connectivity index (χ2n) is 7.19. The third kappa shape index (κ3) is 4.38. The molecule has 1 atom stereocenters. The fourth-order valence-corrected chi connectivity index (χ4v) is 5.03. The normalized spacial score (nSPS) is 18.0. The molecule has 1 aromatic heterocycles. The second-order valence-corrected chi connectivity index (χ2v) is 9.50. The minimum atomic E-state index is -2.98. The summed E-state index contributed by atoms with van der Waals surface area (Å²) in [6, 6.07) is 6.56. The molecule has 1 amide bonds. The summed E-state index contributed by atoms with van der Waals surface area (Å²) in [6.07, 6.45) is 0.845. The van der Waals surface area contributed by atoms with Gasteiger partial charge in [0.05, 0.1) is 11.5 Å². The van der Waals surface area contributed by atoms with Crippen LogP contribution in [0.5, 0.6) is 5.75 Å². The standard InChI is InChI=1S/C20H25NO6S/c1-4-14-11-19(22)27-18-12-16(5-6-17(14)18)26-13(2)20(23)21(3)15-7-9-28(24,25)10-8-15/h5-6,11-13,15H,4,7-10H2,1-3H3. The summed E-state index contributed by atoms with van der Waals surface area (Å²) in [5, 5.41) is 0.842. The maximum absolute atomic E-state index is 12.7. The van der Waals surface area contributed by atoms with E-state index in [4.69, 9.17) is 9.15 Å². The molecule has 1 aliphatic rings. The predicted molar refractivity (Wildman–Crippen MR) is 106 cm³/mol. The maximum Gasteiger partial charge on any atom is 0.336 e. The van der Waals surface area contributed by atoms with Gasteiger partial charge in [-0.15, -0.1) is 0 Å². The van der Waals surface area contributed by atoms with Crippen LogP contribution >= 0.6 is 0 Å². The highest BCUT2D eigenvalue weighted by atomic mass is 32.2. The number of nitrogens with zero attached hydrogens (tertiary/aromatic N) is 1. The van der Waals surface area contributed by atoms with E-state index in [9.17, 15) is 18.0 Å². The zero-order valence-corrected chi connectivity index (χ0v) is 17.1. The molecule has 7 nitrogen and oxygen atoms in total. The lowest BCUT2D eigenvalue weighted by molar-refractivity contribution is -0.138. The van der Waals surface area contributed by atoms with Crippen molar-refractivity contribution >= 4 is 26.7 Å². The number of hydrogen-bond acceptors (Lipinski definition) is 6. The molecule has 0 bridgehead atoms. The molecule has 2 aromatic rings. The summed E-state index contributed by atoms with van der Waals surface area (Å²) in [5.74, 6) is 0.430. The van der Waals surface area contributed by atoms with Gasteiger partial charge in [0, 0.05) is 30.6 Å². The van der Waals surface area contributed by atoms with Gasteiger partial charge in [0.25, 0.3) is 5.91 Å². The SMILES string of the molecule is CCc1cc(=O)oc2cc(OC(C)C(=O)N(C)C3CCS(=O)(=O)CC3)ccc12. The summed E-state index contributed by atoms with van der Waals surface area (Å²) >= 11 is 0. The van der Waals surface area contributed by atoms with E-state index in [0.29, 0.717) is 30.6 Å². The molecule has 1 unspecified atom stereocenters. The molecular weight excluding hydrogens is 382 g/mol. The smallest absolute Gasteiger partial charge is 0.336 e. The van der Waals surface area contributed by atoms with Crippen LogP contribution in [-0.2, 0) is 21.1 Å². The number of ether oxygens (including phenoxy) is 1. The number of carbonyl (C=O) groups excluding carboxylic acids is 1. The third-order valence-corrected chi connectivity index (χ3v) is 6.98. The topological polar surface area (TPSA) is 93.9 Å². The zero-order valence-electron chi connectivity index (χ0n) is 16.3. The van der Waals surface area contributed by atoms with Gasteiger partial charge in [-0.2, -0.15) is 0 Å². The van der Waals surface area contributed by atoms with E-state index in [0.717, 1.165) is 10.9 Å². The largest absolute Gasteiger partial charge is 0.481 e. The lowest BCUT2D eigenvalue weighted by atomic mass is 10.1. The van der Waals surface area contributed by atoms with Crippen LogP contribution in [0, 0.1) is 0 Å². The first-order chi connectivity index (χ1) is 13.2. The Morgan fingerprint density at radius 1 is 1.29 bits per heavy atom. The molecule has 152 valence electrons. The van der Waals surface area contributed by atoms with Crippen molar-refractivity contribution < 1.29 is 22.4 Å². The molecule has 0 aliphatic carbocycles. The van der Waals surface area contributed by atoms with E-state index >= 15 is 0 Å². The lowest BCUT2D eigenvalue weighted by Gasteiger charge is -2.32. The van der Waals surface area contributed by atoms with Crippen molar-refractivity contribution in [3.05, 3.63) is 40.2 Å². The molecule has 8 heteroatoms. The minimum Gasteiger partial charge on any atom is -0.481 e. The fraction of sp³-hybridized carbons (Fsp3) is 0.500. The van der Waals surface area contributed by atoms with Crippen molar-refractivity contribution in [1.82, 2.24) is 4.90 Å². The molecule has 0 N–H and O–H groups in total. The summed E-state index contributed by atoms with van der Waals surface area (Å²) in [4.78, 5) is 26.0. The molecular formula is C20H25NO6S. The second kappa shape index (κ2) is 7.95. The van der Waals surface area contributed by atoms with Gasteiger partial charge in [-0.05, 0) is 43.9 Å². The number of carbonyl (C=O) groups is 1. The summed E-state index contributed by atoms with van der Waals surface area (Å²) in [5.41, 5.74) is 0.902. The number of hydrogen-bond donors (Lipinski definition) is 0. The Hall–Kier alpha value is -2.35. The molecule has 1 aliphatic heterocycles. The quantitative estimate of drug-likeness (QED) is 0.705. The van der Waals surface area contributed by atoms with E-state index in [-0.39, 0.29) is 23.5 Å². The van der Waals surface area contributed by atoms with Gasteiger partial charge in [-0.1, -0.05) is 6.92 Å². The van der Waals surface area contributed by atoms with Crippen LogP contribution in [0.2, 0.25) is 0 Å². The molecule has 0 radical (unpaired) electrons. The Bertz CT molecular complexity index is 1030. The van der Waals surface area contributed by atoms with Crippen LogP contribution in [0.15, 0.2) is 33.5 Å². The summed E-state index contributed by atoms with van der Waals surface area (Å²) < 4.78 is 34.2. The number of benzene rings is 1. The molecule has 3 rings (SSSR count). The first kappa shape index (κ1) is 20.4. The lowest BCUT2D eigenvalue weighted by Crippen LogP contribution is -2.47. The zero-order chi connectivity index (χ0) is 20.5. The number of sulfone groups is 1. The summed E-state index contributed by atoms with van der Waals surface area (Å²) in [7, 11) is -1.30. The van der Waals surface area contributed by atoms with Crippen LogP contribution in [0.1, 0.15) is 32.3 Å². The van der Waals surface area contributed by atoms with Crippen molar-refractivity contribution in [2.45, 2.75) is 45.3 Å². The van der Waals surface area contributed by atoms with Gasteiger partial charge in [0.2, 0.25) is 0 Å². The minimum absolute atomic E-state index is 0.105. The number of fused-ring (bicyclic) bond motifs is 1. The van der Waals surface area contributed by atoms with Crippen LogP contribution in [0.3, 0.4) is 0 Å². The van der Waals surface area contributed by atoms with Crippen LogP contribution in [-0.4, -0.2) is 49.9 Å². The molecule has 1 fully saturated rings. The first-order valence-electron chi connectivity index (χ1n) is 9.40. The number of likely N-dealkylation sites (N-methyl/N-ethyl adjacent to an activating group) is 1. The average Bonchev–Trinajstić information content (AvgIpc) is 2.65. The Labute approximate surface area is 164 Å². The molecule has 0 saturated carbocycles. The van der Waals surface area contributed by atoms with Crippen molar-refractivity contribution in [2.24, 2.45) is 0 Å². The third-order valence-electron chi connectivity index (χ3n) is 5.26. The maximum atomic E-state index is 12.7. The van der Waals surface area contributed by atoms with Crippen molar-refractivity contribution in [1.29, 1.82) is 0 Å². The van der Waals surface area contributed by atoms with E-state index < -0.39 is 21.6 Å². The first-order valence-corrected chi connectivity index (χ1v) is 11.2. The Morgan fingerprint density at radius 2 is 1.96 bits per heavy atom. The van der Waals surface area contributed by atoms with Crippen molar-refractivity contribution in [3.63, 3.8) is 0 Å². The van der Waals surface area contributed by atoms with Gasteiger partial charge in [0.15, 0.2) is 6.10 Å². The number of aryl methyl sites for hydroxylation is 1. The monoisotopic (exact) mass is 407 g/mol. The molecule has 2 heterocycles. The van der Waals surface area contributed by atoms with Crippen molar-refractivity contribution in [3.8, 4) is 5.75 Å². The Kier molecular flexibility index (Phi) is 5.79. The highest BCUT2D eigenvalue weighted by molar-refractivity contribution is 7.91. The van der Waals surface area contributed by atoms with Crippen LogP contribution in [0.4, 0.5) is 0 Å². The van der Waals surface area contributed by atoms with Crippen LogP contribution < -0.4 is 10.4 Å². The highest BCUT2D eigenvalue weighted by Crippen LogP contribution is 2.24. The van der Waals surface area contributed by atoms with Crippen LogP contribution in [0.25, 0.3) is 11.0 Å². The number of rotatable bonds is 5. The van der Waals surface area contributed by atoms with Gasteiger partial charge in [0.1, 0.15) is 21.2 Å². The van der Waals surface area contributed by atoms with E-state index in [1.54, 1.807) is 31.0 Å². The molecule has 1 aromatic carbocycles. The van der Waals surface area contributed by atoms with E-state index in [2.05, 4.69) is 0 Å². The number of amides is 1. The van der Waals surface area contributed by atoms with Gasteiger partial charge < -0.3 is 14.1 Å². The van der Waals surface area contributed by atoms with Gasteiger partial charge in [-0.3, -0.25) is 4.79 Å². The average molecular weight is 407 g/mol. The molecule has 1 saturated heterocycles. The van der Waals surface area contributed by atoms with E-state index in [1.807, 2.05) is 13.0 Å². The Balaban J connectivity index is 1.72. The van der Waals surface area contributed by atoms with E-state index in [1.165, 1.54) is 6.07 Å². The fourth-order valence-electron chi connectivity index (χ4n) is 3.56. The van der Waals surface area contributed by atoms with Gasteiger partial charge in [-0.25, -0.2) is 13.2 Å². The van der Waals surface area contributed by atoms with Gasteiger partial charge >= 0.3 is 5.63 Å². The van der Waals surface area contributed by atoms with Crippen molar-refractivity contribution in [2.75, 3.05) is 18.6 Å². The summed E-state index contributed by atoms with van der Waals surface area (Å²) in [6.45, 7) is 3.62. The molecule has 28 heavy (non-hydrogen) atoms.